The average Bonchev–Trinajstić information content (AvgIpc) is 3.79. The molecular weight excluding hydrogens is 993 g/mol. The summed E-state index contributed by atoms with van der Waals surface area (Å²) in [6.07, 6.45) is -19.4. The third kappa shape index (κ3) is 12.0. The van der Waals surface area contributed by atoms with Gasteiger partial charge in [-0.3, -0.25) is 0 Å². The second-order valence-corrected chi connectivity index (χ2v) is 24.0. The molecule has 0 aromatic rings. The molecule has 12 unspecified atom stereocenters. The highest BCUT2D eigenvalue weighted by molar-refractivity contribution is 5.10. The number of aliphatic hydroxyl groups excluding tert-OH is 14. The molecule has 0 aromatic carbocycles. The Morgan fingerprint density at radius 2 is 0.960 bits per heavy atom. The fraction of sp³-hybridized carbons (Fsp3) is 1.00. The van der Waals surface area contributed by atoms with Gasteiger partial charge in [-0.15, -0.1) is 0 Å². The zero-order chi connectivity index (χ0) is 54.3. The van der Waals surface area contributed by atoms with Gasteiger partial charge in [-0.25, -0.2) is 0 Å². The van der Waals surface area contributed by atoms with Crippen molar-refractivity contribution in [3.8, 4) is 0 Å². The first kappa shape index (κ1) is 60.2. The molecule has 75 heavy (non-hydrogen) atoms. The monoisotopic (exact) mass is 1080 g/mol. The minimum Gasteiger partial charge on any atom is -0.394 e. The van der Waals surface area contributed by atoms with Gasteiger partial charge in [0.05, 0.1) is 45.7 Å². The predicted molar refractivity (Wildman–Crippen MR) is 257 cm³/mol. The van der Waals surface area contributed by atoms with Gasteiger partial charge in [0.25, 0.3) is 0 Å². The van der Waals surface area contributed by atoms with E-state index in [1.165, 1.54) is 51.4 Å². The third-order valence-corrected chi connectivity index (χ3v) is 19.9. The molecule has 0 amide bonds. The van der Waals surface area contributed by atoms with Crippen molar-refractivity contribution >= 4 is 0 Å². The molecule has 8 aliphatic rings. The summed E-state index contributed by atoms with van der Waals surface area (Å²) in [5.41, 5.74) is 0.589. The third-order valence-electron chi connectivity index (χ3n) is 19.9. The summed E-state index contributed by atoms with van der Waals surface area (Å²) in [6, 6.07) is 0. The first-order chi connectivity index (χ1) is 35.7. The lowest BCUT2D eigenvalue weighted by Crippen LogP contribution is -2.65. The van der Waals surface area contributed by atoms with E-state index in [2.05, 4.69) is 20.8 Å². The van der Waals surface area contributed by atoms with Gasteiger partial charge in [-0.2, -0.15) is 0 Å². The van der Waals surface area contributed by atoms with Crippen LogP contribution in [0.15, 0.2) is 0 Å². The van der Waals surface area contributed by atoms with Crippen molar-refractivity contribution in [2.75, 3.05) is 46.8 Å². The maximum absolute atomic E-state index is 11.3. The fourth-order valence-corrected chi connectivity index (χ4v) is 15.4. The van der Waals surface area contributed by atoms with E-state index in [1.54, 1.807) is 0 Å². The van der Waals surface area contributed by atoms with Gasteiger partial charge in [-0.1, -0.05) is 33.6 Å². The SMILES string of the molecule is CO[C@@H]1CC[C@@]2(C)[C@H](CC[C@@H]3[C@@H]2CC[C@]2(C)C(C(C)CCCC(CO[C@@H]4OC(CO)C(O[C@@H]5OC(CO)[C@@H](O)[C@H](O)C5O)[C@H](O)C4O)CO[C@@H]4OC(CO)[C@@H](O[C@H]5OC(CO)[C@@H](O)[C@H](O)C5O)[C@H](O)C4O)CC[C@@H]32)C1. The quantitative estimate of drug-likeness (QED) is 0.0593. The Morgan fingerprint density at radius 1 is 0.493 bits per heavy atom. The van der Waals surface area contributed by atoms with E-state index in [9.17, 15) is 71.5 Å². The van der Waals surface area contributed by atoms with E-state index < -0.39 is 155 Å². The van der Waals surface area contributed by atoms with E-state index >= 15 is 0 Å². The lowest BCUT2D eigenvalue weighted by molar-refractivity contribution is -0.363. The van der Waals surface area contributed by atoms with E-state index in [0.29, 0.717) is 41.6 Å². The molecule has 0 radical (unpaired) electrons. The molecule has 8 fully saturated rings. The van der Waals surface area contributed by atoms with Gasteiger partial charge in [0.2, 0.25) is 0 Å². The molecule has 4 heterocycles. The van der Waals surface area contributed by atoms with Gasteiger partial charge < -0.3 is 114 Å². The van der Waals surface area contributed by atoms with Gasteiger partial charge >= 0.3 is 0 Å². The summed E-state index contributed by atoms with van der Waals surface area (Å²) >= 11 is 0. The maximum atomic E-state index is 11.3. The molecule has 4 saturated heterocycles. The highest BCUT2D eigenvalue weighted by atomic mass is 16.8. The van der Waals surface area contributed by atoms with Crippen LogP contribution in [0.1, 0.15) is 97.8 Å². The normalized spacial score (nSPS) is 51.1. The molecule has 23 nitrogen and oxygen atoms in total. The van der Waals surface area contributed by atoms with Crippen LogP contribution in [-0.4, -0.2) is 247 Å². The summed E-state index contributed by atoms with van der Waals surface area (Å²) in [4.78, 5) is 0. The first-order valence-electron chi connectivity index (χ1n) is 27.7. The Kier molecular flexibility index (Phi) is 20.4. The molecule has 14 N–H and O–H groups in total. The van der Waals surface area contributed by atoms with Crippen molar-refractivity contribution in [1.82, 2.24) is 0 Å². The molecule has 30 atom stereocenters. The van der Waals surface area contributed by atoms with Crippen molar-refractivity contribution in [3.05, 3.63) is 0 Å². The van der Waals surface area contributed by atoms with Crippen LogP contribution >= 0.6 is 0 Å². The van der Waals surface area contributed by atoms with Crippen LogP contribution in [0.5, 0.6) is 0 Å². The Bertz CT molecular complexity index is 1690. The van der Waals surface area contributed by atoms with Crippen molar-refractivity contribution in [3.63, 3.8) is 0 Å². The largest absolute Gasteiger partial charge is 0.394 e. The van der Waals surface area contributed by atoms with E-state index in [-0.39, 0.29) is 18.6 Å². The Labute approximate surface area is 438 Å². The van der Waals surface area contributed by atoms with Crippen LogP contribution in [0.25, 0.3) is 0 Å². The molecule has 0 aromatic heterocycles. The zero-order valence-corrected chi connectivity index (χ0v) is 43.8. The zero-order valence-electron chi connectivity index (χ0n) is 43.8. The Morgan fingerprint density at radius 3 is 1.45 bits per heavy atom. The van der Waals surface area contributed by atoms with Crippen LogP contribution in [0, 0.1) is 52.3 Å². The van der Waals surface area contributed by atoms with E-state index in [1.807, 2.05) is 7.11 Å². The summed E-state index contributed by atoms with van der Waals surface area (Å²) in [5.74, 6) is 3.28. The number of aliphatic hydroxyl groups is 14. The standard InChI is InChI=1S/C52H90O23/c1-23(28-10-11-29-27-9-8-25-16-26(67-4)12-14-51(25,2)30(27)13-15-52(28,29)3)6-5-7-24(21-68-47-43(65)39(61)45(33(19-55)72-47)74-49-41(63)37(59)35(57)31(17-53)70-49)22-69-48-44(66)40(62)46(34(20-56)73-48)75-50-42(64)38(60)36(58)32(18-54)71-50/h23-50,53-66H,5-22H2,1-4H3/t23?,24?,25-,26-,27+,28?,29+,30+,31?,32?,33?,34?,35-,36-,37+,38+,39-,40-,41?,42?,43?,44?,45-,46?,47-,48-,49-,50+,51+,52-/m1/s1. The minimum absolute atomic E-state index is 0.159. The van der Waals surface area contributed by atoms with Crippen molar-refractivity contribution in [2.24, 2.45) is 52.3 Å². The highest BCUT2D eigenvalue weighted by Crippen LogP contribution is 2.68. The van der Waals surface area contributed by atoms with Crippen molar-refractivity contribution < 1.29 is 114 Å². The van der Waals surface area contributed by atoms with Crippen LogP contribution in [0.3, 0.4) is 0 Å². The smallest absolute Gasteiger partial charge is 0.187 e. The van der Waals surface area contributed by atoms with E-state index in [4.69, 9.17) is 42.6 Å². The van der Waals surface area contributed by atoms with Crippen LogP contribution in [0.4, 0.5) is 0 Å². The Balaban J connectivity index is 0.918. The summed E-state index contributed by atoms with van der Waals surface area (Å²) in [7, 11) is 1.85. The Hall–Kier alpha value is -0.920. The van der Waals surface area contributed by atoms with Crippen molar-refractivity contribution in [2.45, 2.75) is 227 Å². The van der Waals surface area contributed by atoms with E-state index in [0.717, 1.165) is 31.1 Å². The average molecular weight is 1080 g/mol. The number of hydrogen-bond donors (Lipinski definition) is 14. The molecule has 0 spiro atoms. The first-order valence-corrected chi connectivity index (χ1v) is 27.7. The second-order valence-electron chi connectivity index (χ2n) is 24.0. The summed E-state index contributed by atoms with van der Waals surface area (Å²) in [6.45, 7) is 4.12. The summed E-state index contributed by atoms with van der Waals surface area (Å²) in [5, 5.41) is 148. The number of ether oxygens (including phenoxy) is 9. The number of methoxy groups -OCH3 is 1. The molecular formula is C52H90O23. The molecule has 436 valence electrons. The molecule has 4 saturated carbocycles. The molecule has 8 rings (SSSR count). The molecule has 23 heteroatoms. The number of fused-ring (bicyclic) bond motifs is 5. The summed E-state index contributed by atoms with van der Waals surface area (Å²) < 4.78 is 52.2. The number of hydrogen-bond acceptors (Lipinski definition) is 23. The van der Waals surface area contributed by atoms with Crippen LogP contribution in [-0.2, 0) is 42.6 Å². The molecule has 4 aliphatic heterocycles. The van der Waals surface area contributed by atoms with Crippen LogP contribution < -0.4 is 0 Å². The second kappa shape index (κ2) is 25.5. The predicted octanol–water partition coefficient (Wildman–Crippen LogP) is -2.64. The fourth-order valence-electron chi connectivity index (χ4n) is 15.4. The minimum atomic E-state index is -1.84. The van der Waals surface area contributed by atoms with Gasteiger partial charge in [0.15, 0.2) is 25.2 Å². The highest BCUT2D eigenvalue weighted by Gasteiger charge is 2.61. The number of rotatable bonds is 20. The van der Waals surface area contributed by atoms with Crippen molar-refractivity contribution in [1.29, 1.82) is 0 Å². The molecule has 0 bridgehead atoms. The lowest BCUT2D eigenvalue weighted by Gasteiger charge is -2.61. The van der Waals surface area contributed by atoms with Crippen LogP contribution in [0.2, 0.25) is 0 Å². The topological polar surface area (TPSA) is 366 Å². The lowest BCUT2D eigenvalue weighted by atomic mass is 9.44. The van der Waals surface area contributed by atoms with Gasteiger partial charge in [-0.05, 0) is 111 Å². The van der Waals surface area contributed by atoms with Gasteiger partial charge in [0, 0.05) is 13.0 Å². The maximum Gasteiger partial charge on any atom is 0.187 e. The van der Waals surface area contributed by atoms with Gasteiger partial charge in [0.1, 0.15) is 97.7 Å². The molecule has 4 aliphatic carbocycles.